The molecule has 2 rings (SSSR count). The molecule has 5 heteroatoms. The van der Waals surface area contributed by atoms with Crippen LogP contribution in [0.1, 0.15) is 31.4 Å². The van der Waals surface area contributed by atoms with Crippen molar-refractivity contribution in [2.45, 2.75) is 38.0 Å². The predicted molar refractivity (Wildman–Crippen MR) is 87.1 cm³/mol. The summed E-state index contributed by atoms with van der Waals surface area (Å²) in [5.74, 6) is 0. The lowest BCUT2D eigenvalue weighted by Crippen LogP contribution is -2.38. The van der Waals surface area contributed by atoms with Gasteiger partial charge in [-0.1, -0.05) is 33.6 Å². The molecule has 1 aliphatic rings. The number of nitrogens with zero attached hydrogens (tertiary/aromatic N) is 1. The molecule has 20 heavy (non-hydrogen) atoms. The summed E-state index contributed by atoms with van der Waals surface area (Å²) >= 11 is 9.66. The van der Waals surface area contributed by atoms with Gasteiger partial charge in [0.25, 0.3) is 0 Å². The number of ether oxygens (including phenoxy) is 1. The number of likely N-dealkylation sites (N-methyl/N-ethyl adjacent to an activating group) is 1. The molecule has 1 saturated heterocycles. The molecule has 3 unspecified atom stereocenters. The van der Waals surface area contributed by atoms with Gasteiger partial charge in [0.1, 0.15) is 0 Å². The number of halogens is 2. The Morgan fingerprint density at radius 1 is 1.55 bits per heavy atom. The number of hydrogen-bond acceptors (Lipinski definition) is 3. The van der Waals surface area contributed by atoms with E-state index >= 15 is 0 Å². The summed E-state index contributed by atoms with van der Waals surface area (Å²) in [5, 5.41) is 0.729. The Labute approximate surface area is 134 Å². The third-order valence-corrected chi connectivity index (χ3v) is 4.88. The predicted octanol–water partition coefficient (Wildman–Crippen LogP) is 3.60. The summed E-state index contributed by atoms with van der Waals surface area (Å²) in [6, 6.07) is 6.35. The van der Waals surface area contributed by atoms with Crippen molar-refractivity contribution in [2.24, 2.45) is 5.73 Å². The van der Waals surface area contributed by atoms with Crippen LogP contribution in [0.2, 0.25) is 5.02 Å². The SMILES string of the molecule is CC1OCCC1N(C)CCC(N)c1ccc(Br)cc1Cl. The zero-order valence-electron chi connectivity index (χ0n) is 12.0. The zero-order chi connectivity index (χ0) is 14.7. The topological polar surface area (TPSA) is 38.5 Å². The average molecular weight is 362 g/mol. The van der Waals surface area contributed by atoms with Crippen molar-refractivity contribution in [1.82, 2.24) is 4.90 Å². The molecule has 1 aromatic rings. The molecule has 2 N–H and O–H groups in total. The molecule has 3 nitrogen and oxygen atoms in total. The Morgan fingerprint density at radius 2 is 2.30 bits per heavy atom. The third-order valence-electron chi connectivity index (χ3n) is 4.06. The van der Waals surface area contributed by atoms with Gasteiger partial charge in [-0.25, -0.2) is 0 Å². The minimum Gasteiger partial charge on any atom is -0.377 e. The summed E-state index contributed by atoms with van der Waals surface area (Å²) in [5.41, 5.74) is 7.28. The maximum Gasteiger partial charge on any atom is 0.0702 e. The first-order valence-electron chi connectivity index (χ1n) is 7.01. The lowest BCUT2D eigenvalue weighted by atomic mass is 10.0. The minimum atomic E-state index is -0.0318. The molecule has 1 heterocycles. The highest BCUT2D eigenvalue weighted by Crippen LogP contribution is 2.27. The Bertz CT molecular complexity index is 457. The Balaban J connectivity index is 1.89. The molecular formula is C15H22BrClN2O. The van der Waals surface area contributed by atoms with Crippen LogP contribution in [0.25, 0.3) is 0 Å². The van der Waals surface area contributed by atoms with Crippen molar-refractivity contribution in [1.29, 1.82) is 0 Å². The maximum atomic E-state index is 6.27. The molecule has 1 fully saturated rings. The highest BCUT2D eigenvalue weighted by Gasteiger charge is 2.27. The van der Waals surface area contributed by atoms with Crippen LogP contribution in [-0.2, 0) is 4.74 Å². The van der Waals surface area contributed by atoms with Crippen molar-refractivity contribution in [2.75, 3.05) is 20.2 Å². The summed E-state index contributed by atoms with van der Waals surface area (Å²) in [7, 11) is 2.14. The van der Waals surface area contributed by atoms with Gasteiger partial charge in [0.05, 0.1) is 6.10 Å². The van der Waals surface area contributed by atoms with E-state index in [0.29, 0.717) is 12.1 Å². The van der Waals surface area contributed by atoms with Crippen molar-refractivity contribution in [3.05, 3.63) is 33.3 Å². The van der Waals surface area contributed by atoms with Crippen LogP contribution in [0.15, 0.2) is 22.7 Å². The second-order valence-corrected chi connectivity index (χ2v) is 6.80. The zero-order valence-corrected chi connectivity index (χ0v) is 14.3. The van der Waals surface area contributed by atoms with Crippen LogP contribution >= 0.6 is 27.5 Å². The van der Waals surface area contributed by atoms with E-state index in [0.717, 1.165) is 41.1 Å². The molecule has 0 bridgehead atoms. The van der Waals surface area contributed by atoms with Gasteiger partial charge in [-0.15, -0.1) is 0 Å². The molecule has 1 aromatic carbocycles. The molecule has 0 radical (unpaired) electrons. The second-order valence-electron chi connectivity index (χ2n) is 5.47. The minimum absolute atomic E-state index is 0.0318. The van der Waals surface area contributed by atoms with E-state index in [-0.39, 0.29) is 6.04 Å². The first-order chi connectivity index (χ1) is 9.49. The lowest BCUT2D eigenvalue weighted by Gasteiger charge is -2.27. The van der Waals surface area contributed by atoms with Gasteiger partial charge < -0.3 is 15.4 Å². The van der Waals surface area contributed by atoms with Crippen molar-refractivity contribution in [3.8, 4) is 0 Å². The van der Waals surface area contributed by atoms with Gasteiger partial charge in [0, 0.05) is 34.7 Å². The molecule has 0 aliphatic carbocycles. The number of benzene rings is 1. The van der Waals surface area contributed by atoms with Gasteiger partial charge in [0.15, 0.2) is 0 Å². The first kappa shape index (κ1) is 16.2. The van der Waals surface area contributed by atoms with Crippen molar-refractivity contribution in [3.63, 3.8) is 0 Å². The van der Waals surface area contributed by atoms with Crippen LogP contribution in [-0.4, -0.2) is 37.2 Å². The lowest BCUT2D eigenvalue weighted by molar-refractivity contribution is 0.0827. The largest absolute Gasteiger partial charge is 0.377 e. The van der Waals surface area contributed by atoms with E-state index in [9.17, 15) is 0 Å². The summed E-state index contributed by atoms with van der Waals surface area (Å²) in [6.45, 7) is 3.95. The Hall–Kier alpha value is -0.130. The van der Waals surface area contributed by atoms with E-state index in [2.05, 4.69) is 34.8 Å². The molecule has 0 saturated carbocycles. The molecular weight excluding hydrogens is 340 g/mol. The average Bonchev–Trinajstić information content (AvgIpc) is 2.82. The summed E-state index contributed by atoms with van der Waals surface area (Å²) in [4.78, 5) is 2.35. The van der Waals surface area contributed by atoms with E-state index in [1.807, 2.05) is 18.2 Å². The fourth-order valence-electron chi connectivity index (χ4n) is 2.77. The number of hydrogen-bond donors (Lipinski definition) is 1. The normalized spacial score (nSPS) is 24.3. The van der Waals surface area contributed by atoms with E-state index < -0.39 is 0 Å². The second kappa shape index (κ2) is 7.23. The fraction of sp³-hybridized carbons (Fsp3) is 0.600. The van der Waals surface area contributed by atoms with Crippen LogP contribution < -0.4 is 5.73 Å². The van der Waals surface area contributed by atoms with E-state index in [1.54, 1.807) is 0 Å². The molecule has 1 aliphatic heterocycles. The van der Waals surface area contributed by atoms with Crippen LogP contribution in [0.3, 0.4) is 0 Å². The smallest absolute Gasteiger partial charge is 0.0702 e. The molecule has 3 atom stereocenters. The highest BCUT2D eigenvalue weighted by atomic mass is 79.9. The third kappa shape index (κ3) is 3.95. The van der Waals surface area contributed by atoms with Gasteiger partial charge in [-0.3, -0.25) is 0 Å². The fourth-order valence-corrected chi connectivity index (χ4v) is 3.58. The van der Waals surface area contributed by atoms with Crippen molar-refractivity contribution >= 4 is 27.5 Å². The monoisotopic (exact) mass is 360 g/mol. The van der Waals surface area contributed by atoms with Gasteiger partial charge >= 0.3 is 0 Å². The number of nitrogens with two attached hydrogens (primary N) is 1. The van der Waals surface area contributed by atoms with E-state index in [1.165, 1.54) is 0 Å². The molecule has 0 spiro atoms. The number of rotatable bonds is 5. The summed E-state index contributed by atoms with van der Waals surface area (Å²) in [6.07, 6.45) is 2.31. The van der Waals surface area contributed by atoms with Crippen LogP contribution in [0.5, 0.6) is 0 Å². The molecule has 0 amide bonds. The summed E-state index contributed by atoms with van der Waals surface area (Å²) < 4.78 is 6.59. The standard InChI is InChI=1S/C15H22BrClN2O/c1-10-15(6-8-20-10)19(2)7-5-14(18)12-4-3-11(16)9-13(12)17/h3-4,9-10,14-15H,5-8,18H2,1-2H3. The molecule has 112 valence electrons. The Morgan fingerprint density at radius 3 is 2.90 bits per heavy atom. The first-order valence-corrected chi connectivity index (χ1v) is 8.18. The van der Waals surface area contributed by atoms with Crippen LogP contribution in [0, 0.1) is 0 Å². The quantitative estimate of drug-likeness (QED) is 0.871. The Kier molecular flexibility index (Phi) is 5.87. The van der Waals surface area contributed by atoms with Crippen molar-refractivity contribution < 1.29 is 4.74 Å². The van der Waals surface area contributed by atoms with E-state index in [4.69, 9.17) is 22.1 Å². The van der Waals surface area contributed by atoms with Gasteiger partial charge in [0.2, 0.25) is 0 Å². The van der Waals surface area contributed by atoms with Crippen LogP contribution in [0.4, 0.5) is 0 Å². The highest BCUT2D eigenvalue weighted by molar-refractivity contribution is 9.10. The maximum absolute atomic E-state index is 6.27. The molecule has 0 aromatic heterocycles. The van der Waals surface area contributed by atoms with Gasteiger partial charge in [-0.05, 0) is 44.5 Å². The van der Waals surface area contributed by atoms with Gasteiger partial charge in [-0.2, -0.15) is 0 Å².